The van der Waals surface area contributed by atoms with Crippen molar-refractivity contribution in [3.8, 4) is 5.75 Å². The van der Waals surface area contributed by atoms with Crippen LogP contribution in [-0.4, -0.2) is 18.1 Å². The summed E-state index contributed by atoms with van der Waals surface area (Å²) in [5, 5.41) is 5.31. The number of fused-ring (bicyclic) bond motifs is 3. The Morgan fingerprint density at radius 1 is 1.11 bits per heavy atom. The van der Waals surface area contributed by atoms with Crippen molar-refractivity contribution < 1.29 is 9.53 Å². The summed E-state index contributed by atoms with van der Waals surface area (Å²) in [6.07, 6.45) is 1.25. The number of nitrogens with one attached hydrogen (secondary N) is 1. The lowest BCUT2D eigenvalue weighted by Gasteiger charge is -2.09. The highest BCUT2D eigenvalue weighted by Gasteiger charge is 2.10. The molecule has 4 nitrogen and oxygen atoms in total. The van der Waals surface area contributed by atoms with Crippen LogP contribution >= 0.6 is 0 Å². The van der Waals surface area contributed by atoms with E-state index in [1.807, 2.05) is 36.4 Å². The van der Waals surface area contributed by atoms with E-state index in [-0.39, 0.29) is 0 Å². The first-order chi connectivity index (χ1) is 9.29. The Labute approximate surface area is 110 Å². The zero-order valence-corrected chi connectivity index (χ0v) is 10.4. The van der Waals surface area contributed by atoms with E-state index in [1.165, 1.54) is 7.05 Å². The Balaban J connectivity index is 2.32. The van der Waals surface area contributed by atoms with E-state index < -0.39 is 6.09 Å². The predicted octanol–water partition coefficient (Wildman–Crippen LogP) is 3.11. The van der Waals surface area contributed by atoms with E-state index in [9.17, 15) is 4.79 Å². The molecule has 3 rings (SSSR count). The minimum absolute atomic E-state index is 0.486. The Hall–Kier alpha value is -2.62. The lowest BCUT2D eigenvalue weighted by Crippen LogP contribution is -2.22. The van der Waals surface area contributed by atoms with Crippen molar-refractivity contribution in [2.24, 2.45) is 0 Å². The molecule has 0 radical (unpaired) electrons. The highest BCUT2D eigenvalue weighted by Crippen LogP contribution is 2.31. The summed E-state index contributed by atoms with van der Waals surface area (Å²) >= 11 is 0. The Kier molecular flexibility index (Phi) is 2.76. The van der Waals surface area contributed by atoms with Crippen LogP contribution in [0.5, 0.6) is 5.75 Å². The molecule has 0 spiro atoms. The number of carbonyl (C=O) groups is 1. The van der Waals surface area contributed by atoms with E-state index in [4.69, 9.17) is 4.74 Å². The summed E-state index contributed by atoms with van der Waals surface area (Å²) in [5.74, 6) is 0.515. The third-order valence-electron chi connectivity index (χ3n) is 2.98. The molecule has 0 atom stereocenters. The minimum atomic E-state index is -0.486. The molecule has 1 aromatic heterocycles. The third-order valence-corrected chi connectivity index (χ3v) is 2.98. The first kappa shape index (κ1) is 11.5. The number of rotatable bonds is 1. The smallest absolute Gasteiger partial charge is 0.410 e. The maximum Gasteiger partial charge on any atom is 0.412 e. The topological polar surface area (TPSA) is 51.2 Å². The van der Waals surface area contributed by atoms with Gasteiger partial charge in [0.05, 0.1) is 10.9 Å². The number of carbonyl (C=O) groups excluding carboxylic acids is 1. The first-order valence-electron chi connectivity index (χ1n) is 5.95. The SMILES string of the molecule is CNC(=O)Oc1cccc2ccc3cccnc3c12. The minimum Gasteiger partial charge on any atom is -0.410 e. The van der Waals surface area contributed by atoms with Crippen LogP contribution in [0.1, 0.15) is 0 Å². The fourth-order valence-electron chi connectivity index (χ4n) is 2.12. The van der Waals surface area contributed by atoms with Gasteiger partial charge in [-0.15, -0.1) is 0 Å². The van der Waals surface area contributed by atoms with Crippen LogP contribution in [0.3, 0.4) is 0 Å². The third kappa shape index (κ3) is 1.97. The van der Waals surface area contributed by atoms with E-state index >= 15 is 0 Å². The summed E-state index contributed by atoms with van der Waals surface area (Å²) in [5.41, 5.74) is 0.833. The van der Waals surface area contributed by atoms with Gasteiger partial charge < -0.3 is 10.1 Å². The van der Waals surface area contributed by atoms with Gasteiger partial charge in [-0.1, -0.05) is 30.3 Å². The molecule has 94 valence electrons. The highest BCUT2D eigenvalue weighted by molar-refractivity contribution is 6.08. The standard InChI is InChI=1S/C15H12N2O2/c1-16-15(18)19-12-6-2-4-10-7-8-11-5-3-9-17-14(11)13(10)12/h2-9H,1H3,(H,16,18). The molecule has 2 aromatic carbocycles. The largest absolute Gasteiger partial charge is 0.412 e. The highest BCUT2D eigenvalue weighted by atomic mass is 16.6. The van der Waals surface area contributed by atoms with Gasteiger partial charge >= 0.3 is 6.09 Å². The van der Waals surface area contributed by atoms with E-state index in [1.54, 1.807) is 12.3 Å². The Bertz CT molecular complexity index is 768. The van der Waals surface area contributed by atoms with Gasteiger partial charge in [0.25, 0.3) is 0 Å². The van der Waals surface area contributed by atoms with Gasteiger partial charge in [0.15, 0.2) is 0 Å². The van der Waals surface area contributed by atoms with E-state index in [0.29, 0.717) is 5.75 Å². The van der Waals surface area contributed by atoms with Crippen molar-refractivity contribution in [3.05, 3.63) is 48.7 Å². The molecule has 1 N–H and O–H groups in total. The zero-order chi connectivity index (χ0) is 13.2. The van der Waals surface area contributed by atoms with Gasteiger partial charge in [0.1, 0.15) is 5.75 Å². The number of benzene rings is 2. The Morgan fingerprint density at radius 2 is 1.89 bits per heavy atom. The molecule has 1 amide bonds. The van der Waals surface area contributed by atoms with Crippen molar-refractivity contribution in [3.63, 3.8) is 0 Å². The van der Waals surface area contributed by atoms with Crippen molar-refractivity contribution in [2.75, 3.05) is 7.05 Å². The van der Waals surface area contributed by atoms with Gasteiger partial charge in [-0.3, -0.25) is 4.98 Å². The van der Waals surface area contributed by atoms with Crippen LogP contribution in [0.15, 0.2) is 48.7 Å². The number of pyridine rings is 1. The second-order valence-corrected chi connectivity index (χ2v) is 4.13. The molecule has 0 unspecified atom stereocenters. The maximum atomic E-state index is 11.4. The lowest BCUT2D eigenvalue weighted by molar-refractivity contribution is 0.203. The predicted molar refractivity (Wildman–Crippen MR) is 74.3 cm³/mol. The fraction of sp³-hybridized carbons (Fsp3) is 0.0667. The summed E-state index contributed by atoms with van der Waals surface area (Å²) in [4.78, 5) is 15.8. The van der Waals surface area contributed by atoms with Crippen molar-refractivity contribution in [1.29, 1.82) is 0 Å². The molecular weight excluding hydrogens is 240 g/mol. The summed E-state index contributed by atoms with van der Waals surface area (Å²) < 4.78 is 5.29. The molecule has 0 bridgehead atoms. The molecule has 1 heterocycles. The number of aromatic nitrogens is 1. The number of ether oxygens (including phenoxy) is 1. The van der Waals surface area contributed by atoms with E-state index in [2.05, 4.69) is 10.3 Å². The normalized spacial score (nSPS) is 10.6. The fourth-order valence-corrected chi connectivity index (χ4v) is 2.12. The average Bonchev–Trinajstić information content (AvgIpc) is 2.47. The lowest BCUT2D eigenvalue weighted by atomic mass is 10.1. The first-order valence-corrected chi connectivity index (χ1v) is 5.95. The molecular formula is C15H12N2O2. The quantitative estimate of drug-likeness (QED) is 0.677. The van der Waals surface area contributed by atoms with Crippen LogP contribution in [-0.2, 0) is 0 Å². The number of amides is 1. The van der Waals surface area contributed by atoms with Gasteiger partial charge in [-0.25, -0.2) is 4.79 Å². The number of nitrogens with zero attached hydrogens (tertiary/aromatic N) is 1. The summed E-state index contributed by atoms with van der Waals surface area (Å²) in [6.45, 7) is 0. The molecule has 0 fully saturated rings. The van der Waals surface area contributed by atoms with Crippen LogP contribution in [0.25, 0.3) is 21.7 Å². The molecule has 0 aliphatic carbocycles. The zero-order valence-electron chi connectivity index (χ0n) is 10.4. The number of hydrogen-bond donors (Lipinski definition) is 1. The summed E-state index contributed by atoms with van der Waals surface area (Å²) in [6, 6.07) is 13.5. The Morgan fingerprint density at radius 3 is 2.74 bits per heavy atom. The summed E-state index contributed by atoms with van der Waals surface area (Å²) in [7, 11) is 1.53. The molecule has 4 heteroatoms. The van der Waals surface area contributed by atoms with Gasteiger partial charge in [-0.2, -0.15) is 0 Å². The molecule has 0 aliphatic rings. The van der Waals surface area contributed by atoms with Crippen LogP contribution in [0.4, 0.5) is 4.79 Å². The van der Waals surface area contributed by atoms with Crippen LogP contribution in [0.2, 0.25) is 0 Å². The molecule has 0 saturated heterocycles. The van der Waals surface area contributed by atoms with Crippen molar-refractivity contribution in [2.45, 2.75) is 0 Å². The van der Waals surface area contributed by atoms with Gasteiger partial charge in [0.2, 0.25) is 0 Å². The van der Waals surface area contributed by atoms with Gasteiger partial charge in [-0.05, 0) is 17.5 Å². The molecule has 19 heavy (non-hydrogen) atoms. The second-order valence-electron chi connectivity index (χ2n) is 4.13. The van der Waals surface area contributed by atoms with Crippen LogP contribution in [0, 0.1) is 0 Å². The van der Waals surface area contributed by atoms with Crippen molar-refractivity contribution in [1.82, 2.24) is 10.3 Å². The van der Waals surface area contributed by atoms with Crippen molar-refractivity contribution >= 4 is 27.8 Å². The molecule has 0 aliphatic heterocycles. The molecule has 0 saturated carbocycles. The maximum absolute atomic E-state index is 11.4. The van der Waals surface area contributed by atoms with Gasteiger partial charge in [0, 0.05) is 18.6 Å². The van der Waals surface area contributed by atoms with Crippen LogP contribution < -0.4 is 10.1 Å². The van der Waals surface area contributed by atoms with E-state index in [0.717, 1.165) is 21.7 Å². The second kappa shape index (κ2) is 4.57. The molecule has 3 aromatic rings. The average molecular weight is 252 g/mol. The monoisotopic (exact) mass is 252 g/mol. The number of hydrogen-bond acceptors (Lipinski definition) is 3.